The third kappa shape index (κ3) is 4.26. The van der Waals surface area contributed by atoms with E-state index >= 15 is 0 Å². The first-order valence-electron chi connectivity index (χ1n) is 6.29. The number of ether oxygens (including phenoxy) is 1. The first-order valence-corrected chi connectivity index (χ1v) is 7.85. The minimum Gasteiger partial charge on any atom is -0.455 e. The summed E-state index contributed by atoms with van der Waals surface area (Å²) >= 11 is 0. The highest BCUT2D eigenvalue weighted by Gasteiger charge is 2.45. The zero-order valence-electron chi connectivity index (χ0n) is 11.5. The lowest BCUT2D eigenvalue weighted by Gasteiger charge is -2.32. The minimum atomic E-state index is -4.77. The van der Waals surface area contributed by atoms with E-state index < -0.39 is 23.3 Å². The van der Waals surface area contributed by atoms with Crippen LogP contribution in [0.2, 0.25) is 0 Å². The summed E-state index contributed by atoms with van der Waals surface area (Å²) in [4.78, 5) is 23.0. The van der Waals surface area contributed by atoms with Crippen LogP contribution in [0, 0.1) is 0 Å². The van der Waals surface area contributed by atoms with Gasteiger partial charge < -0.3 is 4.74 Å². The molecule has 1 fully saturated rings. The van der Waals surface area contributed by atoms with E-state index in [9.17, 15) is 22.8 Å². The molecule has 0 aromatic rings. The lowest BCUT2D eigenvalue weighted by atomic mass is 9.99. The molecule has 0 bridgehead atoms. The van der Waals surface area contributed by atoms with Gasteiger partial charge in [0.2, 0.25) is 0 Å². The highest BCUT2D eigenvalue weighted by molar-refractivity contribution is 8.10. The number of carbonyl (C=O) groups excluding carboxylic acids is 2. The van der Waals surface area contributed by atoms with Crippen molar-refractivity contribution in [3.63, 3.8) is 0 Å². The van der Waals surface area contributed by atoms with Crippen LogP contribution in [0.4, 0.5) is 13.2 Å². The van der Waals surface area contributed by atoms with Crippen molar-refractivity contribution in [3.8, 4) is 0 Å². The van der Waals surface area contributed by atoms with E-state index in [4.69, 9.17) is 4.74 Å². The largest absolute Gasteiger partial charge is 0.455 e. The van der Waals surface area contributed by atoms with Gasteiger partial charge in [0.25, 0.3) is 0 Å². The van der Waals surface area contributed by atoms with E-state index in [-0.39, 0.29) is 16.0 Å². The smallest absolute Gasteiger partial charge is 0.422 e. The molecule has 1 aliphatic rings. The SMILES string of the molecule is C=C(C(=O)OC1(C)CC[S+](C(=O)CC)CC1)C(F)(F)F. The fraction of sp³-hybridized carbons (Fsp3) is 0.692. The third-order valence-electron chi connectivity index (χ3n) is 3.29. The van der Waals surface area contributed by atoms with Crippen LogP contribution in [0.15, 0.2) is 12.2 Å². The first kappa shape index (κ1) is 17.1. The normalized spacial score (nSPS) is 26.9. The van der Waals surface area contributed by atoms with Crippen molar-refractivity contribution in [3.05, 3.63) is 12.2 Å². The fourth-order valence-electron chi connectivity index (χ4n) is 1.84. The molecule has 0 radical (unpaired) electrons. The molecule has 0 aromatic carbocycles. The molecule has 0 aliphatic carbocycles. The van der Waals surface area contributed by atoms with Crippen LogP contribution in [0.1, 0.15) is 33.1 Å². The summed E-state index contributed by atoms with van der Waals surface area (Å²) in [6.45, 7) is 6.12. The number of halogens is 3. The van der Waals surface area contributed by atoms with E-state index in [2.05, 4.69) is 6.58 Å². The van der Waals surface area contributed by atoms with Crippen LogP contribution >= 0.6 is 0 Å². The van der Waals surface area contributed by atoms with Gasteiger partial charge in [-0.3, -0.25) is 0 Å². The molecule has 1 saturated heterocycles. The maximum Gasteiger partial charge on any atom is 0.422 e. The van der Waals surface area contributed by atoms with Gasteiger partial charge in [0.05, 0.1) is 17.3 Å². The predicted molar refractivity (Wildman–Crippen MR) is 71.3 cm³/mol. The van der Waals surface area contributed by atoms with E-state index in [0.717, 1.165) is 0 Å². The van der Waals surface area contributed by atoms with Gasteiger partial charge in [-0.15, -0.1) is 0 Å². The Balaban J connectivity index is 2.59. The Morgan fingerprint density at radius 1 is 1.30 bits per heavy atom. The molecule has 114 valence electrons. The van der Waals surface area contributed by atoms with Crippen molar-refractivity contribution >= 4 is 22.0 Å². The summed E-state index contributed by atoms with van der Waals surface area (Å²) in [7, 11) is -0.353. The molecule has 1 aliphatic heterocycles. The molecular weight excluding hydrogens is 293 g/mol. The van der Waals surface area contributed by atoms with Crippen LogP contribution in [0.3, 0.4) is 0 Å². The first-order chi connectivity index (χ1) is 9.09. The highest BCUT2D eigenvalue weighted by atomic mass is 32.2. The fourth-order valence-corrected chi connectivity index (χ4v) is 4.26. The number of alkyl halides is 3. The molecule has 0 unspecified atom stereocenters. The minimum absolute atomic E-state index is 0.179. The Labute approximate surface area is 118 Å². The van der Waals surface area contributed by atoms with Gasteiger partial charge in [-0.05, 0) is 6.92 Å². The second-order valence-corrected chi connectivity index (χ2v) is 7.20. The second kappa shape index (κ2) is 6.20. The van der Waals surface area contributed by atoms with Crippen molar-refractivity contribution in [2.45, 2.75) is 44.9 Å². The Morgan fingerprint density at radius 2 is 1.80 bits per heavy atom. The summed E-state index contributed by atoms with van der Waals surface area (Å²) in [6, 6.07) is 0. The van der Waals surface area contributed by atoms with Gasteiger partial charge in [0, 0.05) is 12.8 Å². The molecule has 7 heteroatoms. The molecule has 0 N–H and O–H groups in total. The molecular formula is C13H18F3O3S+. The van der Waals surface area contributed by atoms with Crippen LogP contribution < -0.4 is 0 Å². The molecule has 3 nitrogen and oxygen atoms in total. The molecule has 20 heavy (non-hydrogen) atoms. The van der Waals surface area contributed by atoms with Gasteiger partial charge in [-0.2, -0.15) is 13.2 Å². The second-order valence-electron chi connectivity index (χ2n) is 4.94. The Morgan fingerprint density at radius 3 is 2.20 bits per heavy atom. The average Bonchev–Trinajstić information content (AvgIpc) is 2.36. The zero-order chi connectivity index (χ0) is 15.6. The van der Waals surface area contributed by atoms with Gasteiger partial charge in [-0.25, -0.2) is 9.59 Å². The van der Waals surface area contributed by atoms with Crippen LogP contribution in [0.25, 0.3) is 0 Å². The van der Waals surface area contributed by atoms with Crippen LogP contribution in [-0.4, -0.2) is 34.4 Å². The van der Waals surface area contributed by atoms with Crippen molar-refractivity contribution in [1.29, 1.82) is 0 Å². The number of hydrogen-bond acceptors (Lipinski definition) is 3. The Hall–Kier alpha value is -0.980. The van der Waals surface area contributed by atoms with Gasteiger partial charge >= 0.3 is 17.3 Å². The monoisotopic (exact) mass is 311 g/mol. The lowest BCUT2D eigenvalue weighted by molar-refractivity contribution is -0.164. The summed E-state index contributed by atoms with van der Waals surface area (Å²) in [6.07, 6.45) is -3.51. The van der Waals surface area contributed by atoms with E-state index in [1.54, 1.807) is 13.8 Å². The average molecular weight is 311 g/mol. The lowest BCUT2D eigenvalue weighted by Crippen LogP contribution is -2.43. The van der Waals surface area contributed by atoms with Crippen LogP contribution in [0.5, 0.6) is 0 Å². The summed E-state index contributed by atoms with van der Waals surface area (Å²) < 4.78 is 42.0. The van der Waals surface area contributed by atoms with Crippen molar-refractivity contribution in [2.24, 2.45) is 0 Å². The highest BCUT2D eigenvalue weighted by Crippen LogP contribution is 2.32. The van der Waals surface area contributed by atoms with E-state index in [1.807, 2.05) is 0 Å². The molecule has 0 aromatic heterocycles. The number of carbonyl (C=O) groups is 2. The van der Waals surface area contributed by atoms with E-state index in [0.29, 0.717) is 30.8 Å². The maximum atomic E-state index is 12.3. The number of rotatable bonds is 3. The zero-order valence-corrected chi connectivity index (χ0v) is 12.3. The van der Waals surface area contributed by atoms with Crippen molar-refractivity contribution < 1.29 is 27.5 Å². The summed E-state index contributed by atoms with van der Waals surface area (Å²) in [5.74, 6) is -0.298. The molecule has 0 atom stereocenters. The molecule has 0 spiro atoms. The molecule has 0 amide bonds. The van der Waals surface area contributed by atoms with E-state index in [1.165, 1.54) is 0 Å². The molecule has 0 saturated carbocycles. The maximum absolute atomic E-state index is 12.3. The standard InChI is InChI=1S/C13H18F3O3S/c1-4-10(17)20-7-5-12(3,6-8-20)19-11(18)9(2)13(14,15)16/h2,4-8H2,1,3H3/q+1. The molecule has 1 heterocycles. The van der Waals surface area contributed by atoms with Crippen LogP contribution in [-0.2, 0) is 25.2 Å². The van der Waals surface area contributed by atoms with Crippen molar-refractivity contribution in [1.82, 2.24) is 0 Å². The predicted octanol–water partition coefficient (Wildman–Crippen LogP) is 2.76. The molecule has 1 rings (SSSR count). The Kier molecular flexibility index (Phi) is 5.29. The summed E-state index contributed by atoms with van der Waals surface area (Å²) in [5.41, 5.74) is -2.43. The third-order valence-corrected chi connectivity index (χ3v) is 5.62. The quantitative estimate of drug-likeness (QED) is 0.457. The van der Waals surface area contributed by atoms with Crippen molar-refractivity contribution in [2.75, 3.05) is 11.5 Å². The summed E-state index contributed by atoms with van der Waals surface area (Å²) in [5, 5.41) is 0.179. The Bertz CT molecular complexity index is 410. The van der Waals surface area contributed by atoms with Gasteiger partial charge in [0.15, 0.2) is 0 Å². The van der Waals surface area contributed by atoms with Gasteiger partial charge in [-0.1, -0.05) is 13.5 Å². The number of hydrogen-bond donors (Lipinski definition) is 0. The topological polar surface area (TPSA) is 43.4 Å². The number of esters is 1. The van der Waals surface area contributed by atoms with Gasteiger partial charge in [0.1, 0.15) is 22.7 Å².